The van der Waals surface area contributed by atoms with Gasteiger partial charge in [-0.05, 0) is 24.6 Å². The number of carbonyl (C=O) groups is 2. The van der Waals surface area contributed by atoms with Gasteiger partial charge in [-0.1, -0.05) is 23.7 Å². The SMILES string of the molecule is C[C@@H]1N[C@@H](C(=O)O)CS[C@@]1(O)c1cccc(Cl)c1.O=C(O)C(F)(F)F. The molecule has 0 amide bonds. The first kappa shape index (κ1) is 21.6. The number of aliphatic hydroxyl groups is 1. The van der Waals surface area contributed by atoms with E-state index >= 15 is 0 Å². The van der Waals surface area contributed by atoms with Crippen molar-refractivity contribution in [3.05, 3.63) is 34.9 Å². The van der Waals surface area contributed by atoms with Gasteiger partial charge in [0, 0.05) is 16.8 Å². The van der Waals surface area contributed by atoms with E-state index in [0.29, 0.717) is 16.3 Å². The molecule has 1 aliphatic rings. The fourth-order valence-electron chi connectivity index (χ4n) is 1.99. The van der Waals surface area contributed by atoms with Gasteiger partial charge in [-0.3, -0.25) is 10.1 Å². The number of hydrogen-bond donors (Lipinski definition) is 4. The molecule has 0 bridgehead atoms. The molecule has 2 rings (SSSR count). The number of nitrogens with one attached hydrogen (secondary N) is 1. The van der Waals surface area contributed by atoms with Crippen molar-refractivity contribution in [3.8, 4) is 0 Å². The molecule has 11 heteroatoms. The highest BCUT2D eigenvalue weighted by Crippen LogP contribution is 2.41. The highest BCUT2D eigenvalue weighted by molar-refractivity contribution is 8.00. The number of hydrogen-bond acceptors (Lipinski definition) is 5. The lowest BCUT2D eigenvalue weighted by Gasteiger charge is -2.40. The highest BCUT2D eigenvalue weighted by atomic mass is 35.5. The highest BCUT2D eigenvalue weighted by Gasteiger charge is 2.43. The smallest absolute Gasteiger partial charge is 0.480 e. The molecular weight excluding hydrogens is 387 g/mol. The molecule has 4 N–H and O–H groups in total. The van der Waals surface area contributed by atoms with Crippen molar-refractivity contribution in [2.45, 2.75) is 30.1 Å². The summed E-state index contributed by atoms with van der Waals surface area (Å²) < 4.78 is 31.7. The van der Waals surface area contributed by atoms with Gasteiger partial charge in [0.1, 0.15) is 6.04 Å². The number of benzene rings is 1. The summed E-state index contributed by atoms with van der Waals surface area (Å²) in [5.41, 5.74) is 0.684. The van der Waals surface area contributed by atoms with Crippen molar-refractivity contribution in [2.24, 2.45) is 0 Å². The lowest BCUT2D eigenvalue weighted by molar-refractivity contribution is -0.192. The largest absolute Gasteiger partial charge is 0.490 e. The standard InChI is InChI=1S/C12H14ClNO3S.C2HF3O2/c1-7-12(17,8-3-2-4-9(13)5-8)18-6-10(14-7)11(15)16;3-2(4,5)1(6)7/h2-5,7,10,14,17H,6H2,1H3,(H,15,16);(H,6,7)/t7-,10+,12+;/m0./s1. The van der Waals surface area contributed by atoms with Crippen molar-refractivity contribution < 1.29 is 38.1 Å². The van der Waals surface area contributed by atoms with Gasteiger partial charge >= 0.3 is 18.1 Å². The van der Waals surface area contributed by atoms with Crippen LogP contribution in [0, 0.1) is 0 Å². The molecule has 0 radical (unpaired) electrons. The maximum Gasteiger partial charge on any atom is 0.490 e. The van der Waals surface area contributed by atoms with Gasteiger partial charge < -0.3 is 15.3 Å². The summed E-state index contributed by atoms with van der Waals surface area (Å²) in [7, 11) is 0. The summed E-state index contributed by atoms with van der Waals surface area (Å²) in [6, 6.07) is 5.98. The predicted molar refractivity (Wildman–Crippen MR) is 85.5 cm³/mol. The summed E-state index contributed by atoms with van der Waals surface area (Å²) in [5, 5.41) is 30.2. The quantitative estimate of drug-likeness (QED) is 0.602. The van der Waals surface area contributed by atoms with E-state index in [2.05, 4.69) is 5.32 Å². The first-order valence-electron chi connectivity index (χ1n) is 6.79. The molecule has 0 aromatic heterocycles. The van der Waals surface area contributed by atoms with Crippen LogP contribution < -0.4 is 5.32 Å². The van der Waals surface area contributed by atoms with E-state index < -0.39 is 29.1 Å². The predicted octanol–water partition coefficient (Wildman–Crippen LogP) is 2.30. The molecular formula is C14H15ClF3NO5S. The van der Waals surface area contributed by atoms with E-state index in [4.69, 9.17) is 26.6 Å². The minimum Gasteiger partial charge on any atom is -0.480 e. The molecule has 0 spiro atoms. The van der Waals surface area contributed by atoms with Gasteiger partial charge in [-0.2, -0.15) is 13.2 Å². The van der Waals surface area contributed by atoms with E-state index in [1.54, 1.807) is 31.2 Å². The Bertz CT molecular complexity index is 645. The van der Waals surface area contributed by atoms with Gasteiger partial charge in [-0.25, -0.2) is 4.79 Å². The zero-order chi connectivity index (χ0) is 19.4. The van der Waals surface area contributed by atoms with Crippen molar-refractivity contribution in [3.63, 3.8) is 0 Å². The third kappa shape index (κ3) is 5.77. The number of alkyl halides is 3. The van der Waals surface area contributed by atoms with Crippen LogP contribution in [0.2, 0.25) is 5.02 Å². The van der Waals surface area contributed by atoms with Crippen LogP contribution in [0.5, 0.6) is 0 Å². The average Bonchev–Trinajstić information content (AvgIpc) is 2.49. The Labute approximate surface area is 150 Å². The van der Waals surface area contributed by atoms with E-state index in [9.17, 15) is 23.1 Å². The zero-order valence-electron chi connectivity index (χ0n) is 12.7. The topological polar surface area (TPSA) is 107 Å². The first-order valence-corrected chi connectivity index (χ1v) is 8.15. The molecule has 1 aromatic carbocycles. The Morgan fingerprint density at radius 3 is 2.32 bits per heavy atom. The van der Waals surface area contributed by atoms with E-state index in [-0.39, 0.29) is 6.04 Å². The molecule has 140 valence electrons. The van der Waals surface area contributed by atoms with Crippen LogP contribution >= 0.6 is 23.4 Å². The fraction of sp³-hybridized carbons (Fsp3) is 0.429. The molecule has 25 heavy (non-hydrogen) atoms. The summed E-state index contributed by atoms with van der Waals surface area (Å²) in [6.07, 6.45) is -5.08. The number of carboxylic acid groups (broad SMARTS) is 2. The molecule has 1 aromatic rings. The van der Waals surface area contributed by atoms with Gasteiger partial charge in [-0.15, -0.1) is 11.8 Å². The zero-order valence-corrected chi connectivity index (χ0v) is 14.3. The average molecular weight is 402 g/mol. The summed E-state index contributed by atoms with van der Waals surface area (Å²) >= 11 is 7.14. The van der Waals surface area contributed by atoms with Crippen LogP contribution in [0.3, 0.4) is 0 Å². The Balaban J connectivity index is 0.000000381. The third-order valence-corrected chi connectivity index (χ3v) is 5.05. The van der Waals surface area contributed by atoms with Gasteiger partial charge in [0.25, 0.3) is 0 Å². The first-order chi connectivity index (χ1) is 11.4. The summed E-state index contributed by atoms with van der Waals surface area (Å²) in [4.78, 5) is 18.7. The molecule has 3 atom stereocenters. The van der Waals surface area contributed by atoms with Crippen molar-refractivity contribution in [1.29, 1.82) is 0 Å². The lowest BCUT2D eigenvalue weighted by Crippen LogP contribution is -2.56. The van der Waals surface area contributed by atoms with Crippen LogP contribution in [0.4, 0.5) is 13.2 Å². The van der Waals surface area contributed by atoms with E-state index in [1.807, 2.05) is 0 Å². The van der Waals surface area contributed by atoms with Crippen LogP contribution in [0.25, 0.3) is 0 Å². The van der Waals surface area contributed by atoms with Crippen molar-refractivity contribution in [2.75, 3.05) is 5.75 Å². The maximum atomic E-state index is 10.9. The normalized spacial score (nSPS) is 26.3. The van der Waals surface area contributed by atoms with Crippen molar-refractivity contribution >= 4 is 35.3 Å². The van der Waals surface area contributed by atoms with E-state index in [1.165, 1.54) is 11.8 Å². The minimum atomic E-state index is -5.08. The maximum absolute atomic E-state index is 10.9. The number of aliphatic carboxylic acids is 2. The minimum absolute atomic E-state index is 0.308. The molecule has 1 fully saturated rings. The molecule has 0 aliphatic carbocycles. The second-order valence-electron chi connectivity index (χ2n) is 5.10. The number of halogens is 4. The fourth-order valence-corrected chi connectivity index (χ4v) is 3.45. The van der Waals surface area contributed by atoms with Gasteiger partial charge in [0.05, 0.1) is 0 Å². The Morgan fingerprint density at radius 2 is 1.92 bits per heavy atom. The monoisotopic (exact) mass is 401 g/mol. The lowest BCUT2D eigenvalue weighted by atomic mass is 10.0. The molecule has 1 saturated heterocycles. The van der Waals surface area contributed by atoms with Gasteiger partial charge in [0.2, 0.25) is 0 Å². The Kier molecular flexibility index (Phi) is 7.12. The number of rotatable bonds is 2. The molecule has 1 aliphatic heterocycles. The third-order valence-electron chi connectivity index (χ3n) is 3.29. The Hall–Kier alpha value is -1.49. The second kappa shape index (κ2) is 8.26. The molecule has 1 heterocycles. The van der Waals surface area contributed by atoms with Crippen LogP contribution in [0.1, 0.15) is 12.5 Å². The van der Waals surface area contributed by atoms with E-state index in [0.717, 1.165) is 0 Å². The summed E-state index contributed by atoms with van der Waals surface area (Å²) in [5.74, 6) is -3.35. The second-order valence-corrected chi connectivity index (χ2v) is 6.78. The van der Waals surface area contributed by atoms with Crippen LogP contribution in [-0.2, 0) is 14.5 Å². The number of carboxylic acids is 2. The van der Waals surface area contributed by atoms with Gasteiger partial charge in [0.15, 0.2) is 4.93 Å². The van der Waals surface area contributed by atoms with Crippen LogP contribution in [0.15, 0.2) is 24.3 Å². The summed E-state index contributed by atoms with van der Waals surface area (Å²) in [6.45, 7) is 1.77. The molecule has 0 unspecified atom stereocenters. The van der Waals surface area contributed by atoms with Crippen molar-refractivity contribution in [1.82, 2.24) is 5.32 Å². The molecule has 6 nitrogen and oxygen atoms in total. The molecule has 0 saturated carbocycles. The van der Waals surface area contributed by atoms with Crippen LogP contribution in [-0.4, -0.2) is 51.3 Å². The Morgan fingerprint density at radius 1 is 1.36 bits per heavy atom. The number of thioether (sulfide) groups is 1.